The average Bonchev–Trinajstić information content (AvgIpc) is 2.90. The second kappa shape index (κ2) is 6.68. The van der Waals surface area contributed by atoms with Crippen LogP contribution in [0.4, 0.5) is 5.69 Å². The number of ketones is 1. The highest BCUT2D eigenvalue weighted by molar-refractivity contribution is 6.09. The molecule has 0 aromatic heterocycles. The number of ether oxygens (including phenoxy) is 3. The third kappa shape index (κ3) is 2.76. The van der Waals surface area contributed by atoms with E-state index in [2.05, 4.69) is 5.32 Å². The molecule has 0 saturated heterocycles. The number of fused-ring (bicyclic) bond motifs is 1. The van der Waals surface area contributed by atoms with Crippen molar-refractivity contribution in [2.45, 2.75) is 12.0 Å². The SMILES string of the molecule is COc1cc(C(=O)C[C@@]2(O)C(=O)Nc3ccccc32)cc(OC)c1OC. The molecule has 1 aliphatic rings. The minimum Gasteiger partial charge on any atom is -0.493 e. The zero-order valence-electron chi connectivity index (χ0n) is 14.7. The molecule has 1 atom stereocenters. The van der Waals surface area contributed by atoms with Gasteiger partial charge in [0.1, 0.15) is 0 Å². The molecular formula is C19H19NO6. The molecule has 0 aliphatic carbocycles. The van der Waals surface area contributed by atoms with E-state index in [1.54, 1.807) is 24.3 Å². The first-order valence-corrected chi connectivity index (χ1v) is 7.91. The van der Waals surface area contributed by atoms with Gasteiger partial charge in [-0.3, -0.25) is 9.59 Å². The molecule has 0 spiro atoms. The molecular weight excluding hydrogens is 338 g/mol. The van der Waals surface area contributed by atoms with Crippen molar-refractivity contribution in [2.75, 3.05) is 26.6 Å². The minimum atomic E-state index is -1.92. The molecule has 136 valence electrons. The fourth-order valence-electron chi connectivity index (χ4n) is 3.05. The number of carbonyl (C=O) groups is 2. The second-order valence-electron chi connectivity index (χ2n) is 5.87. The van der Waals surface area contributed by atoms with E-state index in [9.17, 15) is 14.7 Å². The Morgan fingerprint density at radius 3 is 2.27 bits per heavy atom. The van der Waals surface area contributed by atoms with Gasteiger partial charge in [-0.15, -0.1) is 0 Å². The van der Waals surface area contributed by atoms with Crippen LogP contribution in [0, 0.1) is 0 Å². The number of para-hydroxylation sites is 1. The third-order valence-corrected chi connectivity index (χ3v) is 4.40. The number of carbonyl (C=O) groups excluding carboxylic acids is 2. The van der Waals surface area contributed by atoms with Crippen LogP contribution in [0.5, 0.6) is 17.2 Å². The van der Waals surface area contributed by atoms with Crippen LogP contribution < -0.4 is 19.5 Å². The Hall–Kier alpha value is -3.06. The minimum absolute atomic E-state index is 0.241. The van der Waals surface area contributed by atoms with Crippen molar-refractivity contribution < 1.29 is 28.9 Å². The first-order valence-electron chi connectivity index (χ1n) is 7.91. The van der Waals surface area contributed by atoms with Crippen molar-refractivity contribution in [3.8, 4) is 17.2 Å². The number of methoxy groups -OCH3 is 3. The maximum absolute atomic E-state index is 12.8. The lowest BCUT2D eigenvalue weighted by atomic mass is 9.88. The van der Waals surface area contributed by atoms with Gasteiger partial charge in [-0.05, 0) is 18.2 Å². The van der Waals surface area contributed by atoms with Crippen molar-refractivity contribution in [3.05, 3.63) is 47.5 Å². The maximum atomic E-state index is 12.8. The molecule has 0 bridgehead atoms. The summed E-state index contributed by atoms with van der Waals surface area (Å²) in [5.74, 6) is -0.0655. The van der Waals surface area contributed by atoms with Crippen LogP contribution in [0.2, 0.25) is 0 Å². The number of hydrogen-bond donors (Lipinski definition) is 2. The number of Topliss-reactive ketones (excluding diaryl/α,β-unsaturated/α-hetero) is 1. The summed E-state index contributed by atoms with van der Waals surface area (Å²) >= 11 is 0. The van der Waals surface area contributed by atoms with Gasteiger partial charge < -0.3 is 24.6 Å². The Bertz CT molecular complexity index is 853. The van der Waals surface area contributed by atoms with E-state index in [4.69, 9.17) is 14.2 Å². The Balaban J connectivity index is 1.97. The first-order chi connectivity index (χ1) is 12.4. The van der Waals surface area contributed by atoms with Crippen molar-refractivity contribution in [3.63, 3.8) is 0 Å². The van der Waals surface area contributed by atoms with E-state index in [1.807, 2.05) is 0 Å². The van der Waals surface area contributed by atoms with E-state index < -0.39 is 23.7 Å². The molecule has 0 radical (unpaired) electrons. The molecule has 26 heavy (non-hydrogen) atoms. The van der Waals surface area contributed by atoms with E-state index in [1.165, 1.54) is 33.5 Å². The Labute approximate surface area is 150 Å². The predicted molar refractivity (Wildman–Crippen MR) is 94.0 cm³/mol. The first kappa shape index (κ1) is 17.8. The van der Waals surface area contributed by atoms with Crippen molar-refractivity contribution in [1.29, 1.82) is 0 Å². The largest absolute Gasteiger partial charge is 0.493 e. The van der Waals surface area contributed by atoms with Gasteiger partial charge in [0.05, 0.1) is 27.8 Å². The third-order valence-electron chi connectivity index (χ3n) is 4.40. The maximum Gasteiger partial charge on any atom is 0.261 e. The van der Waals surface area contributed by atoms with Gasteiger partial charge in [-0.2, -0.15) is 0 Å². The Morgan fingerprint density at radius 2 is 1.69 bits per heavy atom. The number of rotatable bonds is 6. The van der Waals surface area contributed by atoms with Crippen LogP contribution in [0.1, 0.15) is 22.3 Å². The highest BCUT2D eigenvalue weighted by Crippen LogP contribution is 2.41. The topological polar surface area (TPSA) is 94.1 Å². The summed E-state index contributed by atoms with van der Waals surface area (Å²) in [6.45, 7) is 0. The van der Waals surface area contributed by atoms with Gasteiger partial charge in [-0.1, -0.05) is 18.2 Å². The van der Waals surface area contributed by atoms with Crippen molar-refractivity contribution in [1.82, 2.24) is 0 Å². The quantitative estimate of drug-likeness (QED) is 0.769. The van der Waals surface area contributed by atoms with E-state index in [0.29, 0.717) is 28.5 Å². The molecule has 1 amide bonds. The summed E-state index contributed by atoms with van der Waals surface area (Å²) < 4.78 is 15.7. The molecule has 0 fully saturated rings. The molecule has 2 N–H and O–H groups in total. The normalized spacial score (nSPS) is 18.1. The number of hydrogen-bond acceptors (Lipinski definition) is 6. The van der Waals surface area contributed by atoms with E-state index in [-0.39, 0.29) is 5.56 Å². The summed E-state index contributed by atoms with van der Waals surface area (Å²) in [6, 6.07) is 9.72. The number of benzene rings is 2. The molecule has 7 nitrogen and oxygen atoms in total. The van der Waals surface area contributed by atoms with Gasteiger partial charge in [0.2, 0.25) is 5.75 Å². The molecule has 3 rings (SSSR count). The molecule has 0 saturated carbocycles. The summed E-state index contributed by atoms with van der Waals surface area (Å²) in [7, 11) is 4.35. The fraction of sp³-hybridized carbons (Fsp3) is 0.263. The second-order valence-corrected chi connectivity index (χ2v) is 5.87. The van der Waals surface area contributed by atoms with Crippen LogP contribution in [-0.2, 0) is 10.4 Å². The van der Waals surface area contributed by atoms with Gasteiger partial charge in [0, 0.05) is 16.8 Å². The van der Waals surface area contributed by atoms with Crippen LogP contribution >= 0.6 is 0 Å². The summed E-state index contributed by atoms with van der Waals surface area (Å²) in [4.78, 5) is 25.1. The number of amides is 1. The lowest BCUT2D eigenvalue weighted by Crippen LogP contribution is -2.36. The molecule has 2 aromatic rings. The molecule has 1 heterocycles. The summed E-state index contributed by atoms with van der Waals surface area (Å²) in [6.07, 6.45) is -0.408. The average molecular weight is 357 g/mol. The van der Waals surface area contributed by atoms with Crippen LogP contribution in [0.25, 0.3) is 0 Å². The summed E-state index contributed by atoms with van der Waals surface area (Å²) in [5.41, 5.74) is -0.803. The van der Waals surface area contributed by atoms with Gasteiger partial charge in [0.15, 0.2) is 22.9 Å². The molecule has 1 aliphatic heterocycles. The Kier molecular flexibility index (Phi) is 4.56. The predicted octanol–water partition coefficient (Wildman–Crippen LogP) is 2.13. The van der Waals surface area contributed by atoms with Crippen molar-refractivity contribution >= 4 is 17.4 Å². The lowest BCUT2D eigenvalue weighted by Gasteiger charge is -2.20. The van der Waals surface area contributed by atoms with Crippen molar-refractivity contribution in [2.24, 2.45) is 0 Å². The number of anilines is 1. The zero-order chi connectivity index (χ0) is 18.9. The molecule has 7 heteroatoms. The Morgan fingerprint density at radius 1 is 1.08 bits per heavy atom. The number of nitrogens with one attached hydrogen (secondary N) is 1. The van der Waals surface area contributed by atoms with Gasteiger partial charge in [0.25, 0.3) is 5.91 Å². The zero-order valence-corrected chi connectivity index (χ0v) is 14.7. The summed E-state index contributed by atoms with van der Waals surface area (Å²) in [5, 5.41) is 13.5. The fourth-order valence-corrected chi connectivity index (χ4v) is 3.05. The van der Waals surface area contributed by atoms with Crippen LogP contribution in [0.15, 0.2) is 36.4 Å². The van der Waals surface area contributed by atoms with E-state index in [0.717, 1.165) is 0 Å². The van der Waals surface area contributed by atoms with Gasteiger partial charge >= 0.3 is 0 Å². The number of aliphatic hydroxyl groups is 1. The van der Waals surface area contributed by atoms with Gasteiger partial charge in [-0.25, -0.2) is 0 Å². The molecule has 2 aromatic carbocycles. The van der Waals surface area contributed by atoms with Crippen LogP contribution in [0.3, 0.4) is 0 Å². The highest BCUT2D eigenvalue weighted by Gasteiger charge is 2.46. The molecule has 0 unspecified atom stereocenters. The standard InChI is InChI=1S/C19H19NO6/c1-24-15-8-11(9-16(25-2)17(15)26-3)14(21)10-19(23)12-6-4-5-7-13(12)20-18(19)22/h4-9,23H,10H2,1-3H3,(H,20,22)/t19-/m0/s1. The lowest BCUT2D eigenvalue weighted by molar-refractivity contribution is -0.133. The monoisotopic (exact) mass is 357 g/mol. The highest BCUT2D eigenvalue weighted by atomic mass is 16.5. The van der Waals surface area contributed by atoms with E-state index >= 15 is 0 Å². The van der Waals surface area contributed by atoms with Crippen LogP contribution in [-0.4, -0.2) is 38.1 Å². The smallest absolute Gasteiger partial charge is 0.261 e.